The molecule has 0 bridgehead atoms. The molecule has 4 nitrogen and oxygen atoms in total. The molecule has 0 radical (unpaired) electrons. The van der Waals surface area contributed by atoms with Crippen molar-refractivity contribution in [3.05, 3.63) is 0 Å². The van der Waals surface area contributed by atoms with Crippen LogP contribution in [0.1, 0.15) is 7.43 Å². The molecule has 0 saturated heterocycles. The number of halogens is 4. The number of hydrogen-bond acceptors (Lipinski definition) is 4. The zero-order chi connectivity index (χ0) is 5.70. The molecule has 0 unspecified atom stereocenters. The van der Waals surface area contributed by atoms with Crippen molar-refractivity contribution < 1.29 is 15.3 Å². The third-order valence-corrected chi connectivity index (χ3v) is 0.600. The van der Waals surface area contributed by atoms with Crippen LogP contribution in [0.5, 0.6) is 0 Å². The van der Waals surface area contributed by atoms with Crippen LogP contribution in [0.4, 0.5) is 0 Å². The maximum absolute atomic E-state index is 8.13. The molecule has 0 atom stereocenters. The molecule has 0 aliphatic rings. The molecule has 0 rings (SSSR count). The summed E-state index contributed by atoms with van der Waals surface area (Å²) in [5.74, 6) is 0. The van der Waals surface area contributed by atoms with Crippen LogP contribution >= 0.6 is 49.6 Å². The van der Waals surface area contributed by atoms with E-state index in [-0.39, 0.29) is 77.2 Å². The fourth-order valence-electron chi connectivity index (χ4n) is 0.134. The van der Waals surface area contributed by atoms with Gasteiger partial charge in [-0.25, -0.2) is 4.90 Å². The van der Waals surface area contributed by atoms with Crippen LogP contribution in [-0.2, 0) is 0 Å². The second kappa shape index (κ2) is 29.6. The lowest BCUT2D eigenvalue weighted by Gasteiger charge is -2.09. The Morgan fingerprint density at radius 2 is 0.833 bits per heavy atom. The predicted octanol–water partition coefficient (Wildman–Crippen LogP) is 0.461. The van der Waals surface area contributed by atoms with Gasteiger partial charge < -0.3 is 15.3 Å². The monoisotopic (exact) mass is 267 g/mol. The molecule has 0 fully saturated rings. The van der Waals surface area contributed by atoms with Gasteiger partial charge in [0.15, 0.2) is 0 Å². The predicted molar refractivity (Wildman–Crippen MR) is 58.8 cm³/mol. The van der Waals surface area contributed by atoms with Crippen LogP contribution in [-0.4, -0.2) is 40.4 Å². The van der Waals surface area contributed by atoms with Gasteiger partial charge in [-0.15, -0.1) is 49.6 Å². The average molecular weight is 269 g/mol. The first kappa shape index (κ1) is 38.2. The summed E-state index contributed by atoms with van der Waals surface area (Å²) in [5, 5.41) is 24.4. The summed E-state index contributed by atoms with van der Waals surface area (Å²) in [5.41, 5.74) is 0. The number of aliphatic hydroxyl groups is 3. The van der Waals surface area contributed by atoms with Gasteiger partial charge in [0.25, 0.3) is 0 Å². The Labute approximate surface area is 97.6 Å². The molecular weight excluding hydrogens is 252 g/mol. The fourth-order valence-corrected chi connectivity index (χ4v) is 0.134. The Morgan fingerprint density at radius 3 is 0.833 bits per heavy atom. The lowest BCUT2D eigenvalue weighted by atomic mass is 10.9. The summed E-state index contributed by atoms with van der Waals surface area (Å²) >= 11 is 0. The molecular formula is C4H17Cl4NO3. The Morgan fingerprint density at radius 1 is 0.667 bits per heavy atom. The Hall–Kier alpha value is 1.000. The van der Waals surface area contributed by atoms with Gasteiger partial charge in [0.2, 0.25) is 0 Å². The van der Waals surface area contributed by atoms with Crippen molar-refractivity contribution in [1.82, 2.24) is 4.90 Å². The number of rotatable bonds is 3. The molecule has 8 heteroatoms. The number of nitrogens with zero attached hydrogens (tertiary/aromatic N) is 1. The van der Waals surface area contributed by atoms with E-state index >= 15 is 0 Å². The molecule has 12 heavy (non-hydrogen) atoms. The molecule has 84 valence electrons. The minimum Gasteiger partial charge on any atom is -0.381 e. The van der Waals surface area contributed by atoms with E-state index in [1.165, 1.54) is 0 Å². The molecule has 0 heterocycles. The highest BCUT2D eigenvalue weighted by Gasteiger charge is 1.93. The lowest BCUT2D eigenvalue weighted by Crippen LogP contribution is -2.26. The maximum Gasteiger partial charge on any atom is 0.0993 e. The molecule has 0 aromatic carbocycles. The van der Waals surface area contributed by atoms with Gasteiger partial charge in [-0.2, -0.15) is 0 Å². The highest BCUT2D eigenvalue weighted by atomic mass is 35.5. The molecule has 0 aromatic heterocycles. The van der Waals surface area contributed by atoms with Crippen molar-refractivity contribution in [3.8, 4) is 0 Å². The van der Waals surface area contributed by atoms with E-state index in [2.05, 4.69) is 0 Å². The summed E-state index contributed by atoms with van der Waals surface area (Å²) < 4.78 is 0. The van der Waals surface area contributed by atoms with Gasteiger partial charge in [-0.3, -0.25) is 0 Å². The smallest absolute Gasteiger partial charge is 0.0993 e. The Bertz CT molecular complexity index is 43.8. The van der Waals surface area contributed by atoms with Crippen molar-refractivity contribution in [2.75, 3.05) is 20.2 Å². The van der Waals surface area contributed by atoms with E-state index in [9.17, 15) is 0 Å². The number of hydrogen-bond donors (Lipinski definition) is 3. The molecule has 0 aliphatic heterocycles. The Kier molecular flexibility index (Phi) is 94.3. The van der Waals surface area contributed by atoms with E-state index < -0.39 is 0 Å². The zero-order valence-corrected chi connectivity index (χ0v) is 8.81. The highest BCUT2D eigenvalue weighted by molar-refractivity contribution is 5.86. The van der Waals surface area contributed by atoms with E-state index in [0.717, 1.165) is 4.90 Å². The first-order chi connectivity index (χ1) is 3.35. The maximum atomic E-state index is 8.13. The van der Waals surface area contributed by atoms with Gasteiger partial charge in [0, 0.05) is 0 Å². The van der Waals surface area contributed by atoms with E-state index in [4.69, 9.17) is 15.3 Å². The standard InChI is InChI=1S/C3H9NO3.CH4.4ClH/c5-1-4(2-6)3-7;;;;;/h5-7H,1-3H2;1H4;4*1H. The summed E-state index contributed by atoms with van der Waals surface area (Å²) in [7, 11) is 0. The van der Waals surface area contributed by atoms with Crippen molar-refractivity contribution in [2.24, 2.45) is 0 Å². The topological polar surface area (TPSA) is 63.9 Å². The van der Waals surface area contributed by atoms with Crippen molar-refractivity contribution in [2.45, 2.75) is 7.43 Å². The van der Waals surface area contributed by atoms with Crippen LogP contribution in [0.2, 0.25) is 0 Å². The largest absolute Gasteiger partial charge is 0.381 e. The van der Waals surface area contributed by atoms with E-state index in [0.29, 0.717) is 0 Å². The first-order valence-electron chi connectivity index (χ1n) is 1.90. The van der Waals surface area contributed by atoms with Gasteiger partial charge in [-0.05, 0) is 0 Å². The lowest BCUT2D eigenvalue weighted by molar-refractivity contribution is -0.0268. The molecule has 0 saturated carbocycles. The van der Waals surface area contributed by atoms with Crippen LogP contribution in [0.15, 0.2) is 0 Å². The average Bonchev–Trinajstić information content (AvgIpc) is 1.72. The summed E-state index contributed by atoms with van der Waals surface area (Å²) in [6.45, 7) is -0.938. The molecule has 3 N–H and O–H groups in total. The minimum atomic E-state index is -0.312. The van der Waals surface area contributed by atoms with Gasteiger partial charge >= 0.3 is 0 Å². The highest BCUT2D eigenvalue weighted by Crippen LogP contribution is 1.75. The second-order valence-corrected chi connectivity index (χ2v) is 1.10. The molecule has 0 spiro atoms. The molecule has 0 amide bonds. The van der Waals surface area contributed by atoms with Crippen molar-refractivity contribution in [1.29, 1.82) is 0 Å². The number of aliphatic hydroxyl groups excluding tert-OH is 3. The van der Waals surface area contributed by atoms with Crippen LogP contribution in [0.25, 0.3) is 0 Å². The van der Waals surface area contributed by atoms with Crippen LogP contribution in [0.3, 0.4) is 0 Å². The van der Waals surface area contributed by atoms with Crippen LogP contribution in [0, 0.1) is 0 Å². The van der Waals surface area contributed by atoms with Gasteiger partial charge in [0.05, 0.1) is 20.2 Å². The quantitative estimate of drug-likeness (QED) is 0.651. The van der Waals surface area contributed by atoms with E-state index in [1.54, 1.807) is 0 Å². The van der Waals surface area contributed by atoms with Crippen molar-refractivity contribution >= 4 is 49.6 Å². The SMILES string of the molecule is C.Cl.Cl.Cl.Cl.OCN(CO)CO. The summed E-state index contributed by atoms with van der Waals surface area (Å²) in [6.07, 6.45) is 0. The Balaban J connectivity index is -0.0000000180. The zero-order valence-electron chi connectivity index (χ0n) is 5.54. The van der Waals surface area contributed by atoms with Crippen molar-refractivity contribution in [3.63, 3.8) is 0 Å². The van der Waals surface area contributed by atoms with Crippen LogP contribution < -0.4 is 0 Å². The molecule has 0 aliphatic carbocycles. The summed E-state index contributed by atoms with van der Waals surface area (Å²) in [4.78, 5) is 1.04. The van der Waals surface area contributed by atoms with Gasteiger partial charge in [-0.1, -0.05) is 7.43 Å². The molecule has 0 aromatic rings. The third kappa shape index (κ3) is 22.4. The normalized spacial score (nSPS) is 6.00. The minimum absolute atomic E-state index is 0. The second-order valence-electron chi connectivity index (χ2n) is 1.10. The van der Waals surface area contributed by atoms with E-state index in [1.807, 2.05) is 0 Å². The third-order valence-electron chi connectivity index (χ3n) is 0.600. The summed E-state index contributed by atoms with van der Waals surface area (Å²) in [6, 6.07) is 0. The fraction of sp³-hybridized carbons (Fsp3) is 1.00. The van der Waals surface area contributed by atoms with Gasteiger partial charge in [0.1, 0.15) is 0 Å². The first-order valence-corrected chi connectivity index (χ1v) is 1.90.